The van der Waals surface area contributed by atoms with Crippen LogP contribution in [0.4, 0.5) is 19.1 Å². The number of rotatable bonds is 3. The fourth-order valence-corrected chi connectivity index (χ4v) is 5.37. The number of carbonyl (C=O) groups excluding carboxylic acids is 2. The van der Waals surface area contributed by atoms with Gasteiger partial charge in [-0.1, -0.05) is 24.3 Å². The second-order valence-electron chi connectivity index (χ2n) is 7.58. The first-order chi connectivity index (χ1) is 16.6. The number of alkyl halides is 3. The van der Waals surface area contributed by atoms with Gasteiger partial charge in [-0.15, -0.1) is 5.10 Å². The Kier molecular flexibility index (Phi) is 5.06. The van der Waals surface area contributed by atoms with E-state index in [0.717, 1.165) is 18.2 Å². The van der Waals surface area contributed by atoms with Gasteiger partial charge in [-0.05, 0) is 42.5 Å². The summed E-state index contributed by atoms with van der Waals surface area (Å²) in [6, 6.07) is 13.8. The highest BCUT2D eigenvalue weighted by molar-refractivity contribution is 7.91. The molecule has 1 aromatic heterocycles. The maximum absolute atomic E-state index is 13.0. The molecule has 0 spiro atoms. The molecule has 1 aliphatic heterocycles. The quantitative estimate of drug-likeness (QED) is 0.386. The number of hydrogen-bond donors (Lipinski definition) is 2. The van der Waals surface area contributed by atoms with E-state index < -0.39 is 33.3 Å². The van der Waals surface area contributed by atoms with Gasteiger partial charge in [-0.25, -0.2) is 8.42 Å². The summed E-state index contributed by atoms with van der Waals surface area (Å²) in [5.41, 5.74) is -0.844. The van der Waals surface area contributed by atoms with Gasteiger partial charge in [0.15, 0.2) is 11.6 Å². The number of nitrogens with zero attached hydrogens (tertiary/aromatic N) is 2. The molecule has 2 heterocycles. The topological polar surface area (TPSA) is 122 Å². The van der Waals surface area contributed by atoms with Crippen molar-refractivity contribution in [1.29, 1.82) is 0 Å². The van der Waals surface area contributed by atoms with Crippen LogP contribution in [0.3, 0.4) is 0 Å². The molecule has 8 nitrogen and oxygen atoms in total. The molecule has 0 bridgehead atoms. The van der Waals surface area contributed by atoms with Crippen LogP contribution in [0, 0.1) is 0 Å². The normalized spacial score (nSPS) is 14.2. The number of carbonyl (C=O) groups is 2. The number of aromatic amines is 1. The number of aromatic nitrogens is 3. The molecule has 176 valence electrons. The zero-order valence-corrected chi connectivity index (χ0v) is 18.2. The number of halogens is 3. The molecule has 35 heavy (non-hydrogen) atoms. The second kappa shape index (κ2) is 7.87. The Morgan fingerprint density at radius 3 is 2.43 bits per heavy atom. The van der Waals surface area contributed by atoms with E-state index in [0.29, 0.717) is 0 Å². The molecule has 0 radical (unpaired) electrons. The monoisotopic (exact) mass is 498 g/mol. The molecule has 4 aromatic rings. The fourth-order valence-electron chi connectivity index (χ4n) is 3.69. The van der Waals surface area contributed by atoms with Gasteiger partial charge in [0.05, 0.1) is 15.4 Å². The standard InChI is InChI=1S/C23H13F3N4O4S/c24-23(25,26)14-5-3-4-12(10-14)20-27-22(30-29-20)28-21(32)13-8-9-16-18(11-13)35(33,34)17-7-2-1-6-15(17)19(16)31/h1-11H,(H2,27,28,29,30,32). The van der Waals surface area contributed by atoms with Crippen LogP contribution in [0.25, 0.3) is 11.4 Å². The number of anilines is 1. The summed E-state index contributed by atoms with van der Waals surface area (Å²) in [6.07, 6.45) is -4.54. The Hall–Kier alpha value is -4.32. The predicted molar refractivity (Wildman–Crippen MR) is 117 cm³/mol. The van der Waals surface area contributed by atoms with Crippen molar-refractivity contribution >= 4 is 27.5 Å². The summed E-state index contributed by atoms with van der Waals surface area (Å²) in [6.45, 7) is 0. The van der Waals surface area contributed by atoms with Gasteiger partial charge in [0.25, 0.3) is 5.91 Å². The third kappa shape index (κ3) is 3.87. The van der Waals surface area contributed by atoms with E-state index in [4.69, 9.17) is 0 Å². The minimum Gasteiger partial charge on any atom is -0.289 e. The SMILES string of the molecule is O=C(Nc1n[nH]c(-c2cccc(C(F)(F)F)c2)n1)c1ccc2c(c1)S(=O)(=O)c1ccccc1C2=O. The molecule has 1 aliphatic rings. The van der Waals surface area contributed by atoms with Crippen molar-refractivity contribution in [3.63, 3.8) is 0 Å². The maximum atomic E-state index is 13.0. The Morgan fingerprint density at radius 1 is 0.914 bits per heavy atom. The summed E-state index contributed by atoms with van der Waals surface area (Å²) in [5.74, 6) is -1.49. The van der Waals surface area contributed by atoms with Crippen LogP contribution in [0.15, 0.2) is 76.5 Å². The molecular formula is C23H13F3N4O4S. The van der Waals surface area contributed by atoms with Crippen LogP contribution < -0.4 is 5.32 Å². The van der Waals surface area contributed by atoms with Gasteiger partial charge in [0.1, 0.15) is 0 Å². The van der Waals surface area contributed by atoms with E-state index in [9.17, 15) is 31.2 Å². The molecule has 0 atom stereocenters. The van der Waals surface area contributed by atoms with Gasteiger partial charge in [0.2, 0.25) is 15.8 Å². The van der Waals surface area contributed by atoms with Gasteiger partial charge >= 0.3 is 6.18 Å². The average molecular weight is 498 g/mol. The second-order valence-corrected chi connectivity index (χ2v) is 9.47. The molecule has 2 N–H and O–H groups in total. The summed E-state index contributed by atoms with van der Waals surface area (Å²) in [4.78, 5) is 29.0. The summed E-state index contributed by atoms with van der Waals surface area (Å²) < 4.78 is 65.0. The molecule has 0 unspecified atom stereocenters. The van der Waals surface area contributed by atoms with E-state index >= 15 is 0 Å². The number of H-pyrrole nitrogens is 1. The zero-order chi connectivity index (χ0) is 25.0. The van der Waals surface area contributed by atoms with E-state index in [-0.39, 0.29) is 43.8 Å². The highest BCUT2D eigenvalue weighted by Gasteiger charge is 2.35. The van der Waals surface area contributed by atoms with Crippen LogP contribution in [-0.4, -0.2) is 35.3 Å². The fraction of sp³-hybridized carbons (Fsp3) is 0.0435. The first-order valence-electron chi connectivity index (χ1n) is 10.00. The Balaban J connectivity index is 1.42. The Labute approximate surface area is 195 Å². The lowest BCUT2D eigenvalue weighted by atomic mass is 10.0. The van der Waals surface area contributed by atoms with E-state index in [1.165, 1.54) is 42.5 Å². The number of benzene rings is 3. The van der Waals surface area contributed by atoms with E-state index in [1.807, 2.05) is 0 Å². The molecule has 3 aromatic carbocycles. The van der Waals surface area contributed by atoms with Crippen molar-refractivity contribution in [3.8, 4) is 11.4 Å². The van der Waals surface area contributed by atoms with Crippen LogP contribution in [0.2, 0.25) is 0 Å². The van der Waals surface area contributed by atoms with Gasteiger partial charge in [0, 0.05) is 22.3 Å². The molecule has 0 fully saturated rings. The van der Waals surface area contributed by atoms with Crippen molar-refractivity contribution in [1.82, 2.24) is 15.2 Å². The molecule has 5 rings (SSSR count). The molecule has 0 saturated carbocycles. The third-order valence-electron chi connectivity index (χ3n) is 5.37. The van der Waals surface area contributed by atoms with Crippen molar-refractivity contribution in [2.45, 2.75) is 16.0 Å². The average Bonchev–Trinajstić information content (AvgIpc) is 3.30. The number of hydrogen-bond acceptors (Lipinski definition) is 6. The number of sulfone groups is 1. The molecule has 1 amide bonds. The van der Waals surface area contributed by atoms with Crippen molar-refractivity contribution < 1.29 is 31.2 Å². The highest BCUT2D eigenvalue weighted by Crippen LogP contribution is 2.35. The molecule has 12 heteroatoms. The van der Waals surface area contributed by atoms with Crippen molar-refractivity contribution in [2.24, 2.45) is 0 Å². The van der Waals surface area contributed by atoms with Gasteiger partial charge in [-0.2, -0.15) is 18.2 Å². The van der Waals surface area contributed by atoms with Gasteiger partial charge in [-0.3, -0.25) is 20.0 Å². The lowest BCUT2D eigenvalue weighted by Gasteiger charge is -2.19. The lowest BCUT2D eigenvalue weighted by molar-refractivity contribution is -0.137. The number of fused-ring (bicyclic) bond motifs is 2. The van der Waals surface area contributed by atoms with Crippen molar-refractivity contribution in [2.75, 3.05) is 5.32 Å². The van der Waals surface area contributed by atoms with E-state index in [2.05, 4.69) is 20.5 Å². The van der Waals surface area contributed by atoms with E-state index in [1.54, 1.807) is 6.07 Å². The summed E-state index contributed by atoms with van der Waals surface area (Å²) >= 11 is 0. The van der Waals surface area contributed by atoms with Gasteiger partial charge < -0.3 is 0 Å². The Bertz CT molecular complexity index is 1630. The minimum absolute atomic E-state index is 0.0124. The smallest absolute Gasteiger partial charge is 0.289 e. The van der Waals surface area contributed by atoms with Crippen LogP contribution in [0.1, 0.15) is 31.8 Å². The lowest BCUT2D eigenvalue weighted by Crippen LogP contribution is -2.21. The highest BCUT2D eigenvalue weighted by atomic mass is 32.2. The maximum Gasteiger partial charge on any atom is 0.416 e. The Morgan fingerprint density at radius 2 is 1.66 bits per heavy atom. The van der Waals surface area contributed by atoms with Crippen LogP contribution >= 0.6 is 0 Å². The number of amides is 1. The predicted octanol–water partition coefficient (Wildman–Crippen LogP) is 4.12. The summed E-state index contributed by atoms with van der Waals surface area (Å²) in [7, 11) is -4.04. The summed E-state index contributed by atoms with van der Waals surface area (Å²) in [5, 5.41) is 8.60. The first-order valence-corrected chi connectivity index (χ1v) is 11.5. The molecular weight excluding hydrogens is 485 g/mol. The molecule has 0 saturated heterocycles. The first kappa shape index (κ1) is 22.5. The zero-order valence-electron chi connectivity index (χ0n) is 17.4. The molecule has 0 aliphatic carbocycles. The minimum atomic E-state index is -4.54. The van der Waals surface area contributed by atoms with Crippen LogP contribution in [-0.2, 0) is 16.0 Å². The third-order valence-corrected chi connectivity index (χ3v) is 7.23. The largest absolute Gasteiger partial charge is 0.416 e. The number of nitrogens with one attached hydrogen (secondary N) is 2. The number of ketones is 1. The van der Waals surface area contributed by atoms with Crippen molar-refractivity contribution in [3.05, 3.63) is 89.0 Å². The van der Waals surface area contributed by atoms with Crippen LogP contribution in [0.5, 0.6) is 0 Å².